The summed E-state index contributed by atoms with van der Waals surface area (Å²) in [6.45, 7) is 5.84. The number of halogens is 2. The number of rotatable bonds is 3. The van der Waals surface area contributed by atoms with E-state index in [0.29, 0.717) is 18.2 Å². The van der Waals surface area contributed by atoms with Crippen molar-refractivity contribution < 1.29 is 8.78 Å². The largest absolute Gasteiger partial charge is 0.383 e. The summed E-state index contributed by atoms with van der Waals surface area (Å²) in [4.78, 5) is 4.18. The molecule has 2 rings (SSSR count). The maximum absolute atomic E-state index is 13.7. The van der Waals surface area contributed by atoms with Gasteiger partial charge in [-0.15, -0.1) is 6.58 Å². The topological polar surface area (TPSA) is 43.8 Å². The number of nitrogens with two attached hydrogens (primary N) is 1. The molecule has 0 aliphatic carbocycles. The van der Waals surface area contributed by atoms with E-state index in [1.165, 1.54) is 0 Å². The average Bonchev–Trinajstić information content (AvgIpc) is 2.61. The highest BCUT2D eigenvalue weighted by molar-refractivity contribution is 5.71. The molecule has 5 heteroatoms. The molecule has 94 valence electrons. The van der Waals surface area contributed by atoms with Crippen LogP contribution in [0.4, 0.5) is 14.6 Å². The Bertz CT molecular complexity index is 603. The SMILES string of the molecule is C=CCn1c(C)nc(-c2cc(F)ccc2F)c1N. The maximum atomic E-state index is 13.7. The number of benzene rings is 1. The van der Waals surface area contributed by atoms with Gasteiger partial charge in [0.25, 0.3) is 0 Å². The third-order valence-corrected chi connectivity index (χ3v) is 2.69. The quantitative estimate of drug-likeness (QED) is 0.850. The minimum Gasteiger partial charge on any atom is -0.383 e. The van der Waals surface area contributed by atoms with Crippen molar-refractivity contribution in [3.8, 4) is 11.3 Å². The van der Waals surface area contributed by atoms with Crippen LogP contribution in [-0.2, 0) is 6.54 Å². The van der Waals surface area contributed by atoms with Crippen molar-refractivity contribution in [2.24, 2.45) is 0 Å². The van der Waals surface area contributed by atoms with Gasteiger partial charge >= 0.3 is 0 Å². The van der Waals surface area contributed by atoms with Crippen LogP contribution >= 0.6 is 0 Å². The first kappa shape index (κ1) is 12.3. The Kier molecular flexibility index (Phi) is 3.14. The molecule has 0 amide bonds. The van der Waals surface area contributed by atoms with Gasteiger partial charge in [0.05, 0.1) is 0 Å². The lowest BCUT2D eigenvalue weighted by Crippen LogP contribution is -2.03. The molecule has 18 heavy (non-hydrogen) atoms. The van der Waals surface area contributed by atoms with Crippen LogP contribution in [0.1, 0.15) is 5.82 Å². The van der Waals surface area contributed by atoms with Crippen molar-refractivity contribution in [2.45, 2.75) is 13.5 Å². The third kappa shape index (κ3) is 1.99. The van der Waals surface area contributed by atoms with Crippen LogP contribution in [0.3, 0.4) is 0 Å². The van der Waals surface area contributed by atoms with Crippen LogP contribution in [0.25, 0.3) is 11.3 Å². The lowest BCUT2D eigenvalue weighted by Gasteiger charge is -2.04. The maximum Gasteiger partial charge on any atom is 0.132 e. The average molecular weight is 249 g/mol. The summed E-state index contributed by atoms with van der Waals surface area (Å²) in [6.07, 6.45) is 1.66. The van der Waals surface area contributed by atoms with E-state index < -0.39 is 11.6 Å². The van der Waals surface area contributed by atoms with E-state index in [4.69, 9.17) is 5.73 Å². The molecule has 0 spiro atoms. The lowest BCUT2D eigenvalue weighted by molar-refractivity contribution is 0.603. The van der Waals surface area contributed by atoms with Crippen molar-refractivity contribution in [3.05, 3.63) is 48.3 Å². The monoisotopic (exact) mass is 249 g/mol. The number of nitrogens with zero attached hydrogens (tertiary/aromatic N) is 2. The molecule has 0 unspecified atom stereocenters. The summed E-state index contributed by atoms with van der Waals surface area (Å²) in [7, 11) is 0. The molecule has 2 N–H and O–H groups in total. The van der Waals surface area contributed by atoms with E-state index in [-0.39, 0.29) is 11.3 Å². The van der Waals surface area contributed by atoms with Crippen LogP contribution in [0.2, 0.25) is 0 Å². The van der Waals surface area contributed by atoms with Crippen LogP contribution in [0.15, 0.2) is 30.9 Å². The fourth-order valence-electron chi connectivity index (χ4n) is 1.82. The second kappa shape index (κ2) is 4.60. The molecule has 1 heterocycles. The molecule has 2 aromatic rings. The molecule has 0 saturated carbocycles. The van der Waals surface area contributed by atoms with E-state index in [2.05, 4.69) is 11.6 Å². The number of aryl methyl sites for hydroxylation is 1. The molecule has 0 atom stereocenters. The Labute approximate surface area is 104 Å². The van der Waals surface area contributed by atoms with Crippen LogP contribution < -0.4 is 5.73 Å². The van der Waals surface area contributed by atoms with Gasteiger partial charge in [-0.2, -0.15) is 0 Å². The Morgan fingerprint density at radius 3 is 2.83 bits per heavy atom. The van der Waals surface area contributed by atoms with Crippen molar-refractivity contribution >= 4 is 5.82 Å². The highest BCUT2D eigenvalue weighted by Gasteiger charge is 2.16. The Balaban J connectivity index is 2.61. The van der Waals surface area contributed by atoms with Crippen molar-refractivity contribution in [1.82, 2.24) is 9.55 Å². The number of aromatic nitrogens is 2. The molecular formula is C13H13F2N3. The molecule has 0 fully saturated rings. The summed E-state index contributed by atoms with van der Waals surface area (Å²) in [6, 6.07) is 3.21. The standard InChI is InChI=1S/C13H13F2N3/c1-3-6-18-8(2)17-12(13(18)16)10-7-9(14)4-5-11(10)15/h3-5,7H,1,6,16H2,2H3. The first-order valence-electron chi connectivity index (χ1n) is 5.43. The summed E-state index contributed by atoms with van der Waals surface area (Å²) >= 11 is 0. The zero-order chi connectivity index (χ0) is 13.3. The highest BCUT2D eigenvalue weighted by Crippen LogP contribution is 2.29. The van der Waals surface area contributed by atoms with Crippen LogP contribution in [-0.4, -0.2) is 9.55 Å². The molecule has 0 bridgehead atoms. The minimum absolute atomic E-state index is 0.0680. The van der Waals surface area contributed by atoms with E-state index >= 15 is 0 Å². The van der Waals surface area contributed by atoms with Gasteiger partial charge in [0.2, 0.25) is 0 Å². The van der Waals surface area contributed by atoms with Gasteiger partial charge in [0.15, 0.2) is 0 Å². The normalized spacial score (nSPS) is 10.6. The summed E-state index contributed by atoms with van der Waals surface area (Å²) in [5.74, 6) is -0.143. The van der Waals surface area contributed by atoms with Crippen molar-refractivity contribution in [2.75, 3.05) is 5.73 Å². The van der Waals surface area contributed by atoms with E-state index in [9.17, 15) is 8.78 Å². The van der Waals surface area contributed by atoms with Crippen molar-refractivity contribution in [3.63, 3.8) is 0 Å². The first-order chi connectivity index (χ1) is 8.54. The highest BCUT2D eigenvalue weighted by atomic mass is 19.1. The molecule has 3 nitrogen and oxygen atoms in total. The predicted octanol–water partition coefficient (Wildman–Crippen LogP) is 2.90. The lowest BCUT2D eigenvalue weighted by atomic mass is 10.1. The number of imidazole rings is 1. The molecule has 1 aromatic heterocycles. The number of allylic oxidation sites excluding steroid dienone is 1. The van der Waals surface area contributed by atoms with Gasteiger partial charge in [0.1, 0.15) is 29.0 Å². The van der Waals surface area contributed by atoms with Crippen LogP contribution in [0.5, 0.6) is 0 Å². The number of nitrogen functional groups attached to an aromatic ring is 1. The first-order valence-corrected chi connectivity index (χ1v) is 5.43. The number of anilines is 1. The van der Waals surface area contributed by atoms with Crippen LogP contribution in [0, 0.1) is 18.6 Å². The Morgan fingerprint density at radius 2 is 2.17 bits per heavy atom. The smallest absolute Gasteiger partial charge is 0.132 e. The number of hydrogen-bond acceptors (Lipinski definition) is 2. The van der Waals surface area contributed by atoms with E-state index in [1.807, 2.05) is 0 Å². The summed E-state index contributed by atoms with van der Waals surface area (Å²) < 4.78 is 28.5. The minimum atomic E-state index is -0.550. The molecule has 0 aliphatic rings. The second-order valence-electron chi connectivity index (χ2n) is 3.92. The second-order valence-corrected chi connectivity index (χ2v) is 3.92. The van der Waals surface area contributed by atoms with Gasteiger partial charge in [0, 0.05) is 12.1 Å². The fourth-order valence-corrected chi connectivity index (χ4v) is 1.82. The molecular weight excluding hydrogens is 236 g/mol. The number of hydrogen-bond donors (Lipinski definition) is 1. The van der Waals surface area contributed by atoms with Gasteiger partial charge < -0.3 is 10.3 Å². The van der Waals surface area contributed by atoms with E-state index in [1.54, 1.807) is 17.6 Å². The zero-order valence-electron chi connectivity index (χ0n) is 9.95. The van der Waals surface area contributed by atoms with Gasteiger partial charge in [-0.3, -0.25) is 0 Å². The Hall–Kier alpha value is -2.17. The van der Waals surface area contributed by atoms with Gasteiger partial charge in [-0.05, 0) is 25.1 Å². The predicted molar refractivity (Wildman–Crippen MR) is 66.9 cm³/mol. The van der Waals surface area contributed by atoms with Crippen molar-refractivity contribution in [1.29, 1.82) is 0 Å². The molecule has 1 aromatic carbocycles. The zero-order valence-corrected chi connectivity index (χ0v) is 9.95. The third-order valence-electron chi connectivity index (χ3n) is 2.69. The summed E-state index contributed by atoms with van der Waals surface area (Å²) in [5.41, 5.74) is 6.23. The van der Waals surface area contributed by atoms with Gasteiger partial charge in [-0.25, -0.2) is 13.8 Å². The fraction of sp³-hybridized carbons (Fsp3) is 0.154. The molecule has 0 saturated heterocycles. The van der Waals surface area contributed by atoms with Gasteiger partial charge in [-0.1, -0.05) is 6.08 Å². The molecule has 0 aliphatic heterocycles. The van der Waals surface area contributed by atoms with E-state index in [0.717, 1.165) is 18.2 Å². The summed E-state index contributed by atoms with van der Waals surface area (Å²) in [5, 5.41) is 0. The molecule has 0 radical (unpaired) electrons. The Morgan fingerprint density at radius 1 is 1.44 bits per heavy atom.